The average Bonchev–Trinajstić information content (AvgIpc) is 3.52. The number of aromatic amines is 1. The van der Waals surface area contributed by atoms with Crippen LogP contribution in [-0.4, -0.2) is 36.5 Å². The molecule has 44 heavy (non-hydrogen) atoms. The van der Waals surface area contributed by atoms with Crippen molar-refractivity contribution in [3.8, 4) is 11.4 Å². The molecular formula is C35H42N6O3. The number of fused-ring (bicyclic) bond motifs is 1. The van der Waals surface area contributed by atoms with Crippen LogP contribution < -0.4 is 16.6 Å². The second-order valence-corrected chi connectivity index (χ2v) is 12.5. The molecule has 1 aromatic carbocycles. The molecule has 0 atom stereocenters. The van der Waals surface area contributed by atoms with Gasteiger partial charge in [0.25, 0.3) is 5.56 Å². The number of rotatable bonds is 10. The van der Waals surface area contributed by atoms with Crippen LogP contribution in [0.25, 0.3) is 28.6 Å². The minimum Gasteiger partial charge on any atom is -0.352 e. The minimum absolute atomic E-state index is 0.157. The number of nitrogens with zero attached hydrogens (tertiary/aromatic N) is 4. The van der Waals surface area contributed by atoms with Crippen molar-refractivity contribution in [3.63, 3.8) is 0 Å². The lowest BCUT2D eigenvalue weighted by atomic mass is 9.89. The summed E-state index contributed by atoms with van der Waals surface area (Å²) in [5.41, 5.74) is 3.11. The van der Waals surface area contributed by atoms with Crippen LogP contribution in [0.3, 0.4) is 0 Å². The highest BCUT2D eigenvalue weighted by Gasteiger charge is 2.24. The van der Waals surface area contributed by atoms with E-state index in [2.05, 4.69) is 15.3 Å². The largest absolute Gasteiger partial charge is 0.352 e. The van der Waals surface area contributed by atoms with Crippen molar-refractivity contribution < 1.29 is 4.79 Å². The van der Waals surface area contributed by atoms with Crippen LogP contribution in [-0.2, 0) is 24.3 Å². The zero-order valence-corrected chi connectivity index (χ0v) is 25.3. The molecule has 4 aromatic rings. The summed E-state index contributed by atoms with van der Waals surface area (Å²) in [4.78, 5) is 52.0. The zero-order chi connectivity index (χ0) is 30.3. The number of carbonyl (C=O) groups is 1. The third kappa shape index (κ3) is 7.09. The van der Waals surface area contributed by atoms with E-state index >= 15 is 0 Å². The molecule has 2 aliphatic rings. The van der Waals surface area contributed by atoms with E-state index in [4.69, 9.17) is 4.98 Å². The molecule has 2 aliphatic carbocycles. The van der Waals surface area contributed by atoms with E-state index in [0.29, 0.717) is 48.5 Å². The lowest BCUT2D eigenvalue weighted by Crippen LogP contribution is -2.42. The van der Waals surface area contributed by atoms with Gasteiger partial charge in [0.2, 0.25) is 5.91 Å². The molecule has 9 nitrogen and oxygen atoms in total. The highest BCUT2D eigenvalue weighted by atomic mass is 16.2. The Hall–Kier alpha value is -4.27. The lowest BCUT2D eigenvalue weighted by molar-refractivity contribution is -0.116. The van der Waals surface area contributed by atoms with Crippen molar-refractivity contribution in [1.29, 1.82) is 0 Å². The Labute approximate surface area is 257 Å². The topological polar surface area (TPSA) is 115 Å². The van der Waals surface area contributed by atoms with Gasteiger partial charge in [-0.25, -0.2) is 9.78 Å². The molecule has 3 aromatic heterocycles. The quantitative estimate of drug-likeness (QED) is 0.236. The predicted octanol–water partition coefficient (Wildman–Crippen LogP) is 5.48. The van der Waals surface area contributed by atoms with Gasteiger partial charge >= 0.3 is 5.69 Å². The lowest BCUT2D eigenvalue weighted by Gasteiger charge is -2.24. The van der Waals surface area contributed by atoms with E-state index in [0.717, 1.165) is 61.6 Å². The van der Waals surface area contributed by atoms with Crippen LogP contribution in [0.5, 0.6) is 0 Å². The van der Waals surface area contributed by atoms with Crippen LogP contribution in [0.15, 0.2) is 64.5 Å². The maximum Gasteiger partial charge on any atom is 0.332 e. The van der Waals surface area contributed by atoms with Crippen LogP contribution in [0.1, 0.15) is 75.3 Å². The van der Waals surface area contributed by atoms with Gasteiger partial charge in [-0.2, -0.15) is 0 Å². The van der Waals surface area contributed by atoms with Crippen molar-refractivity contribution in [1.82, 2.24) is 29.4 Å². The number of nitrogens with one attached hydrogen (secondary N) is 2. The second-order valence-electron chi connectivity index (χ2n) is 12.5. The van der Waals surface area contributed by atoms with E-state index in [1.165, 1.54) is 36.3 Å². The van der Waals surface area contributed by atoms with E-state index in [1.807, 2.05) is 36.4 Å². The molecule has 0 saturated heterocycles. The van der Waals surface area contributed by atoms with Crippen molar-refractivity contribution in [3.05, 3.63) is 86.8 Å². The van der Waals surface area contributed by atoms with Gasteiger partial charge in [0, 0.05) is 43.7 Å². The summed E-state index contributed by atoms with van der Waals surface area (Å²) in [6, 6.07) is 11.5. The number of hydrogen-bond acceptors (Lipinski definition) is 5. The first kappa shape index (κ1) is 29.8. The number of benzene rings is 1. The van der Waals surface area contributed by atoms with E-state index in [9.17, 15) is 14.4 Å². The van der Waals surface area contributed by atoms with Gasteiger partial charge in [-0.3, -0.25) is 23.7 Å². The molecular weight excluding hydrogens is 552 g/mol. The Balaban J connectivity index is 1.21. The summed E-state index contributed by atoms with van der Waals surface area (Å²) in [5, 5.41) is 2.90. The Kier molecular flexibility index (Phi) is 9.48. The average molecular weight is 595 g/mol. The SMILES string of the molecule is O=C(/C=C/c1ccc(-c2nc3c([nH]2)c(=O)n(CC2CCCCC2)c(=O)n3CC2CCCCC2)cc1)NCCc1cccnc1. The van der Waals surface area contributed by atoms with Gasteiger partial charge < -0.3 is 10.3 Å². The molecule has 0 bridgehead atoms. The van der Waals surface area contributed by atoms with Crippen molar-refractivity contribution in [2.45, 2.75) is 83.7 Å². The predicted molar refractivity (Wildman–Crippen MR) is 173 cm³/mol. The minimum atomic E-state index is -0.275. The Morgan fingerprint density at radius 1 is 0.909 bits per heavy atom. The molecule has 0 unspecified atom stereocenters. The summed E-state index contributed by atoms with van der Waals surface area (Å²) in [6.07, 6.45) is 19.1. The number of aromatic nitrogens is 5. The Bertz CT molecular complexity index is 1710. The molecule has 1 amide bonds. The fourth-order valence-electron chi connectivity index (χ4n) is 6.74. The van der Waals surface area contributed by atoms with E-state index in [-0.39, 0.29) is 17.2 Å². The molecule has 2 N–H and O–H groups in total. The fraction of sp³-hybridized carbons (Fsp3) is 0.457. The number of carbonyl (C=O) groups excluding carboxylic acids is 1. The molecule has 9 heteroatoms. The maximum atomic E-state index is 13.8. The number of imidazole rings is 1. The smallest absolute Gasteiger partial charge is 0.332 e. The third-order valence-corrected chi connectivity index (χ3v) is 9.24. The summed E-state index contributed by atoms with van der Waals surface area (Å²) in [7, 11) is 0. The molecule has 2 fully saturated rings. The van der Waals surface area contributed by atoms with Crippen LogP contribution in [0.4, 0.5) is 0 Å². The Morgan fingerprint density at radius 3 is 2.25 bits per heavy atom. The zero-order valence-electron chi connectivity index (χ0n) is 25.3. The molecule has 3 heterocycles. The molecule has 0 spiro atoms. The summed E-state index contributed by atoms with van der Waals surface area (Å²) in [5.74, 6) is 1.19. The second kappa shape index (κ2) is 14.0. The number of amides is 1. The third-order valence-electron chi connectivity index (χ3n) is 9.24. The van der Waals surface area contributed by atoms with Gasteiger partial charge in [-0.15, -0.1) is 0 Å². The summed E-state index contributed by atoms with van der Waals surface area (Å²) >= 11 is 0. The normalized spacial score (nSPS) is 16.5. The highest BCUT2D eigenvalue weighted by molar-refractivity contribution is 5.91. The molecule has 2 saturated carbocycles. The first-order chi connectivity index (χ1) is 21.5. The molecule has 230 valence electrons. The van der Waals surface area contributed by atoms with E-state index < -0.39 is 0 Å². The number of hydrogen-bond donors (Lipinski definition) is 2. The van der Waals surface area contributed by atoms with Crippen molar-refractivity contribution in [2.24, 2.45) is 11.8 Å². The van der Waals surface area contributed by atoms with Gasteiger partial charge in [0.1, 0.15) is 11.3 Å². The Morgan fingerprint density at radius 2 is 1.59 bits per heavy atom. The van der Waals surface area contributed by atoms with Crippen molar-refractivity contribution >= 4 is 23.1 Å². The summed E-state index contributed by atoms with van der Waals surface area (Å²) in [6.45, 7) is 1.61. The number of pyridine rings is 1. The standard InChI is InChI=1S/C35H42N6O3/c42-30(37-21-19-26-12-7-20-36-22-26)18-15-25-13-16-29(17-14-25)32-38-31-33(39-32)40(23-27-8-3-1-4-9-27)35(44)41(34(31)43)24-28-10-5-2-6-11-28/h7,12-18,20,22,27-28H,1-6,8-11,19,21,23-24H2,(H,37,42)(H,38,39)/b18-15+. The van der Waals surface area contributed by atoms with Gasteiger partial charge in [0.15, 0.2) is 5.65 Å². The van der Waals surface area contributed by atoms with E-state index in [1.54, 1.807) is 23.0 Å². The summed E-state index contributed by atoms with van der Waals surface area (Å²) < 4.78 is 3.23. The van der Waals surface area contributed by atoms with Crippen molar-refractivity contribution in [2.75, 3.05) is 6.54 Å². The first-order valence-corrected chi connectivity index (χ1v) is 16.2. The number of H-pyrrole nitrogens is 1. The van der Waals surface area contributed by atoms with Gasteiger partial charge in [0.05, 0.1) is 0 Å². The molecule has 6 rings (SSSR count). The highest BCUT2D eigenvalue weighted by Crippen LogP contribution is 2.27. The van der Waals surface area contributed by atoms with Crippen LogP contribution in [0.2, 0.25) is 0 Å². The maximum absolute atomic E-state index is 13.8. The fourth-order valence-corrected chi connectivity index (χ4v) is 6.74. The van der Waals surface area contributed by atoms with Crippen LogP contribution >= 0.6 is 0 Å². The first-order valence-electron chi connectivity index (χ1n) is 16.2. The van der Waals surface area contributed by atoms with Crippen LogP contribution in [0, 0.1) is 11.8 Å². The molecule has 0 radical (unpaired) electrons. The monoisotopic (exact) mass is 594 g/mol. The van der Waals surface area contributed by atoms with Gasteiger partial charge in [-0.05, 0) is 67.2 Å². The molecule has 0 aliphatic heterocycles. The van der Waals surface area contributed by atoms with Gasteiger partial charge in [-0.1, -0.05) is 68.9 Å².